The number of aliphatic hydroxyl groups excluding tert-OH is 1. The summed E-state index contributed by atoms with van der Waals surface area (Å²) < 4.78 is 10.5. The number of methoxy groups -OCH3 is 1. The maximum Gasteiger partial charge on any atom is 0.162 e. The van der Waals surface area contributed by atoms with Crippen molar-refractivity contribution in [2.45, 2.75) is 6.42 Å². The Bertz CT molecular complexity index is 357. The van der Waals surface area contributed by atoms with Gasteiger partial charge >= 0.3 is 0 Å². The van der Waals surface area contributed by atoms with Crippen molar-refractivity contribution in [3.63, 3.8) is 0 Å². The molecular weight excluding hydrogens is 194 g/mol. The Balaban J connectivity index is 2.78. The Morgan fingerprint density at radius 1 is 1.40 bits per heavy atom. The minimum Gasteiger partial charge on any atom is -0.493 e. The molecule has 0 radical (unpaired) electrons. The third kappa shape index (κ3) is 3.15. The molecular formula is C11H13NO3. The highest BCUT2D eigenvalue weighted by Crippen LogP contribution is 2.27. The van der Waals surface area contributed by atoms with E-state index in [0.29, 0.717) is 30.1 Å². The maximum atomic E-state index is 8.71. The number of aliphatic hydroxyl groups is 1. The summed E-state index contributed by atoms with van der Waals surface area (Å²) in [5, 5.41) is 17.3. The molecule has 0 aromatic heterocycles. The zero-order valence-corrected chi connectivity index (χ0v) is 8.56. The topological polar surface area (TPSA) is 62.5 Å². The number of rotatable bonds is 5. The van der Waals surface area contributed by atoms with Gasteiger partial charge in [-0.25, -0.2) is 0 Å². The summed E-state index contributed by atoms with van der Waals surface area (Å²) in [6, 6.07) is 7.00. The number of hydrogen-bond acceptors (Lipinski definition) is 4. The molecule has 80 valence electrons. The van der Waals surface area contributed by atoms with Crippen molar-refractivity contribution < 1.29 is 14.6 Å². The van der Waals surface area contributed by atoms with Crippen molar-refractivity contribution in [3.05, 3.63) is 23.8 Å². The summed E-state index contributed by atoms with van der Waals surface area (Å²) in [5.74, 6) is 1.12. The lowest BCUT2D eigenvalue weighted by Crippen LogP contribution is -2.01. The van der Waals surface area contributed by atoms with Crippen LogP contribution in [0.2, 0.25) is 0 Å². The molecule has 15 heavy (non-hydrogen) atoms. The van der Waals surface area contributed by atoms with E-state index >= 15 is 0 Å². The second-order valence-corrected chi connectivity index (χ2v) is 2.90. The average molecular weight is 207 g/mol. The SMILES string of the molecule is COc1ccc(C#N)cc1OCCCO. The zero-order valence-electron chi connectivity index (χ0n) is 8.56. The van der Waals surface area contributed by atoms with Crippen LogP contribution in [0.3, 0.4) is 0 Å². The lowest BCUT2D eigenvalue weighted by atomic mass is 10.2. The molecule has 1 aromatic rings. The molecule has 0 bridgehead atoms. The zero-order chi connectivity index (χ0) is 11.1. The van der Waals surface area contributed by atoms with Crippen LogP contribution >= 0.6 is 0 Å². The first-order valence-electron chi connectivity index (χ1n) is 4.63. The van der Waals surface area contributed by atoms with Gasteiger partial charge in [0, 0.05) is 19.1 Å². The largest absolute Gasteiger partial charge is 0.493 e. The van der Waals surface area contributed by atoms with Crippen molar-refractivity contribution in [1.29, 1.82) is 5.26 Å². The van der Waals surface area contributed by atoms with Gasteiger partial charge in [-0.2, -0.15) is 5.26 Å². The molecule has 0 amide bonds. The first-order valence-corrected chi connectivity index (χ1v) is 4.63. The Morgan fingerprint density at radius 2 is 2.20 bits per heavy atom. The highest BCUT2D eigenvalue weighted by atomic mass is 16.5. The number of nitrogens with zero attached hydrogens (tertiary/aromatic N) is 1. The summed E-state index contributed by atoms with van der Waals surface area (Å²) in [4.78, 5) is 0. The fraction of sp³-hybridized carbons (Fsp3) is 0.364. The van der Waals surface area contributed by atoms with Crippen LogP contribution in [-0.2, 0) is 0 Å². The van der Waals surface area contributed by atoms with Gasteiger partial charge in [-0.15, -0.1) is 0 Å². The molecule has 0 saturated heterocycles. The first kappa shape index (κ1) is 11.3. The monoisotopic (exact) mass is 207 g/mol. The van der Waals surface area contributed by atoms with Crippen LogP contribution in [0.25, 0.3) is 0 Å². The van der Waals surface area contributed by atoms with E-state index in [4.69, 9.17) is 19.8 Å². The molecule has 0 saturated carbocycles. The first-order chi connectivity index (χ1) is 7.31. The third-order valence-electron chi connectivity index (χ3n) is 1.85. The van der Waals surface area contributed by atoms with Crippen molar-refractivity contribution >= 4 is 0 Å². The smallest absolute Gasteiger partial charge is 0.162 e. The van der Waals surface area contributed by atoms with Gasteiger partial charge in [-0.3, -0.25) is 0 Å². The van der Waals surface area contributed by atoms with E-state index in [0.717, 1.165) is 0 Å². The Morgan fingerprint density at radius 3 is 2.80 bits per heavy atom. The molecule has 1 rings (SSSR count). The second-order valence-electron chi connectivity index (χ2n) is 2.90. The van der Waals surface area contributed by atoms with Gasteiger partial charge in [-0.05, 0) is 12.1 Å². The van der Waals surface area contributed by atoms with Crippen LogP contribution in [0, 0.1) is 11.3 Å². The van der Waals surface area contributed by atoms with E-state index in [1.165, 1.54) is 0 Å². The molecule has 0 aliphatic carbocycles. The van der Waals surface area contributed by atoms with Crippen LogP contribution < -0.4 is 9.47 Å². The number of ether oxygens (including phenoxy) is 2. The molecule has 0 atom stereocenters. The highest BCUT2D eigenvalue weighted by Gasteiger charge is 2.05. The summed E-state index contributed by atoms with van der Waals surface area (Å²) in [6.45, 7) is 0.488. The Labute approximate surface area is 88.7 Å². The van der Waals surface area contributed by atoms with Crippen LogP contribution in [0.1, 0.15) is 12.0 Å². The normalized spacial score (nSPS) is 9.40. The molecule has 1 N–H and O–H groups in total. The van der Waals surface area contributed by atoms with Gasteiger partial charge in [0.1, 0.15) is 0 Å². The fourth-order valence-electron chi connectivity index (χ4n) is 1.11. The summed E-state index contributed by atoms with van der Waals surface area (Å²) in [5.41, 5.74) is 0.523. The van der Waals surface area contributed by atoms with Gasteiger partial charge in [0.05, 0.1) is 25.3 Å². The fourth-order valence-corrected chi connectivity index (χ4v) is 1.11. The quantitative estimate of drug-likeness (QED) is 0.740. The van der Waals surface area contributed by atoms with Gasteiger partial charge in [0.15, 0.2) is 11.5 Å². The minimum atomic E-state index is 0.0836. The van der Waals surface area contributed by atoms with E-state index < -0.39 is 0 Å². The van der Waals surface area contributed by atoms with Gasteiger partial charge < -0.3 is 14.6 Å². The molecule has 0 unspecified atom stereocenters. The molecule has 4 heteroatoms. The predicted molar refractivity (Wildman–Crippen MR) is 54.9 cm³/mol. The van der Waals surface area contributed by atoms with Crippen LogP contribution in [-0.4, -0.2) is 25.4 Å². The molecule has 4 nitrogen and oxygen atoms in total. The van der Waals surface area contributed by atoms with E-state index in [9.17, 15) is 0 Å². The van der Waals surface area contributed by atoms with Crippen LogP contribution in [0.5, 0.6) is 11.5 Å². The standard InChI is InChI=1S/C11H13NO3/c1-14-10-4-3-9(8-12)7-11(10)15-6-2-5-13/h3-4,7,13H,2,5-6H2,1H3. The van der Waals surface area contributed by atoms with Crippen molar-refractivity contribution in [3.8, 4) is 17.6 Å². The molecule has 0 aliphatic rings. The molecule has 0 fully saturated rings. The lowest BCUT2D eigenvalue weighted by molar-refractivity contribution is 0.228. The van der Waals surface area contributed by atoms with E-state index in [-0.39, 0.29) is 6.61 Å². The Kier molecular flexibility index (Phi) is 4.45. The molecule has 1 aromatic carbocycles. The van der Waals surface area contributed by atoms with Crippen LogP contribution in [0.4, 0.5) is 0 Å². The Hall–Kier alpha value is -1.73. The van der Waals surface area contributed by atoms with Crippen molar-refractivity contribution in [2.24, 2.45) is 0 Å². The van der Waals surface area contributed by atoms with E-state index in [1.54, 1.807) is 25.3 Å². The predicted octanol–water partition coefficient (Wildman–Crippen LogP) is 1.33. The van der Waals surface area contributed by atoms with Gasteiger partial charge in [0.25, 0.3) is 0 Å². The number of benzene rings is 1. The summed E-state index contributed by atoms with van der Waals surface area (Å²) in [7, 11) is 1.54. The number of nitriles is 1. The van der Waals surface area contributed by atoms with Crippen molar-refractivity contribution in [2.75, 3.05) is 20.3 Å². The van der Waals surface area contributed by atoms with Crippen molar-refractivity contribution in [1.82, 2.24) is 0 Å². The summed E-state index contributed by atoms with van der Waals surface area (Å²) in [6.07, 6.45) is 0.555. The van der Waals surface area contributed by atoms with E-state index in [2.05, 4.69) is 0 Å². The molecule has 0 heterocycles. The number of hydrogen-bond donors (Lipinski definition) is 1. The average Bonchev–Trinajstić information content (AvgIpc) is 2.29. The maximum absolute atomic E-state index is 8.71. The van der Waals surface area contributed by atoms with E-state index in [1.807, 2.05) is 6.07 Å². The van der Waals surface area contributed by atoms with Crippen LogP contribution in [0.15, 0.2) is 18.2 Å². The second kappa shape index (κ2) is 5.89. The third-order valence-corrected chi connectivity index (χ3v) is 1.85. The van der Waals surface area contributed by atoms with Gasteiger partial charge in [0.2, 0.25) is 0 Å². The molecule has 0 spiro atoms. The lowest BCUT2D eigenvalue weighted by Gasteiger charge is -2.09. The molecule has 0 aliphatic heterocycles. The van der Waals surface area contributed by atoms with Gasteiger partial charge in [-0.1, -0.05) is 0 Å². The minimum absolute atomic E-state index is 0.0836. The highest BCUT2D eigenvalue weighted by molar-refractivity contribution is 5.46. The summed E-state index contributed by atoms with van der Waals surface area (Å²) >= 11 is 0.